The summed E-state index contributed by atoms with van der Waals surface area (Å²) in [5.41, 5.74) is 0. The van der Waals surface area contributed by atoms with Gasteiger partial charge in [-0.15, -0.1) is 0 Å². The molecule has 0 radical (unpaired) electrons. The molecule has 2 N–H and O–H groups in total. The molecule has 3 heteroatoms. The van der Waals surface area contributed by atoms with Crippen LogP contribution in [-0.2, 0) is 4.79 Å². The summed E-state index contributed by atoms with van der Waals surface area (Å²) in [7, 11) is 1.69. The van der Waals surface area contributed by atoms with Gasteiger partial charge in [-0.2, -0.15) is 0 Å². The summed E-state index contributed by atoms with van der Waals surface area (Å²) >= 11 is 0. The normalized spacial score (nSPS) is 21.5. The standard InChI is InChI=1S/C12H24N2O/c1-10(12(15)13-2)14-11-8-6-4-3-5-7-9-11/h10-11,14H,3-9H2,1-2H3,(H,13,15)/t10-/m1/s1. The van der Waals surface area contributed by atoms with Crippen LogP contribution in [0.25, 0.3) is 0 Å². The van der Waals surface area contributed by atoms with Gasteiger partial charge in [-0.3, -0.25) is 4.79 Å². The molecule has 0 heterocycles. The van der Waals surface area contributed by atoms with Gasteiger partial charge < -0.3 is 10.6 Å². The summed E-state index contributed by atoms with van der Waals surface area (Å²) in [6, 6.07) is 0.483. The lowest BCUT2D eigenvalue weighted by Gasteiger charge is -2.24. The van der Waals surface area contributed by atoms with Crippen molar-refractivity contribution in [1.29, 1.82) is 0 Å². The van der Waals surface area contributed by atoms with Crippen molar-refractivity contribution in [2.75, 3.05) is 7.05 Å². The van der Waals surface area contributed by atoms with Crippen molar-refractivity contribution in [1.82, 2.24) is 10.6 Å². The van der Waals surface area contributed by atoms with Crippen molar-refractivity contribution in [3.8, 4) is 0 Å². The summed E-state index contributed by atoms with van der Waals surface area (Å²) in [6.07, 6.45) is 9.15. The highest BCUT2D eigenvalue weighted by Gasteiger charge is 2.17. The lowest BCUT2D eigenvalue weighted by Crippen LogP contribution is -2.45. The molecule has 1 atom stereocenters. The van der Waals surface area contributed by atoms with Crippen LogP contribution in [0.4, 0.5) is 0 Å². The molecule has 88 valence electrons. The van der Waals surface area contributed by atoms with Crippen LogP contribution < -0.4 is 10.6 Å². The molecule has 0 aromatic carbocycles. The highest BCUT2D eigenvalue weighted by atomic mass is 16.2. The number of hydrogen-bond acceptors (Lipinski definition) is 2. The summed E-state index contributed by atoms with van der Waals surface area (Å²) in [5.74, 6) is 0.0945. The Balaban J connectivity index is 2.31. The van der Waals surface area contributed by atoms with Gasteiger partial charge in [0.2, 0.25) is 5.91 Å². The van der Waals surface area contributed by atoms with Gasteiger partial charge in [0.1, 0.15) is 0 Å². The average Bonchev–Trinajstić information content (AvgIpc) is 2.20. The SMILES string of the molecule is CNC(=O)[C@@H](C)NC1CCCCCCC1. The monoisotopic (exact) mass is 212 g/mol. The molecule has 1 aliphatic carbocycles. The van der Waals surface area contributed by atoms with Gasteiger partial charge in [0.25, 0.3) is 0 Å². The van der Waals surface area contributed by atoms with E-state index < -0.39 is 0 Å². The van der Waals surface area contributed by atoms with E-state index in [1.165, 1.54) is 44.9 Å². The van der Waals surface area contributed by atoms with Crippen molar-refractivity contribution in [3.05, 3.63) is 0 Å². The van der Waals surface area contributed by atoms with E-state index in [4.69, 9.17) is 0 Å². The van der Waals surface area contributed by atoms with Crippen LogP contribution in [-0.4, -0.2) is 25.0 Å². The first kappa shape index (κ1) is 12.5. The van der Waals surface area contributed by atoms with Gasteiger partial charge in [-0.05, 0) is 19.8 Å². The van der Waals surface area contributed by atoms with Crippen LogP contribution in [0, 0.1) is 0 Å². The highest BCUT2D eigenvalue weighted by molar-refractivity contribution is 5.80. The van der Waals surface area contributed by atoms with E-state index in [9.17, 15) is 4.79 Å². The molecule has 0 unspecified atom stereocenters. The number of hydrogen-bond donors (Lipinski definition) is 2. The fourth-order valence-corrected chi connectivity index (χ4v) is 2.27. The third-order valence-corrected chi connectivity index (χ3v) is 3.23. The van der Waals surface area contributed by atoms with Crippen LogP contribution in [0.15, 0.2) is 0 Å². The van der Waals surface area contributed by atoms with Gasteiger partial charge in [0.05, 0.1) is 6.04 Å². The summed E-state index contributed by atoms with van der Waals surface area (Å²) in [4.78, 5) is 11.4. The Bertz CT molecular complexity index is 186. The molecule has 1 saturated carbocycles. The lowest BCUT2D eigenvalue weighted by atomic mass is 9.96. The number of nitrogens with one attached hydrogen (secondary N) is 2. The van der Waals surface area contributed by atoms with E-state index in [1.807, 2.05) is 6.92 Å². The molecular weight excluding hydrogens is 188 g/mol. The second-order valence-corrected chi connectivity index (χ2v) is 4.54. The lowest BCUT2D eigenvalue weighted by molar-refractivity contribution is -0.122. The first-order valence-corrected chi connectivity index (χ1v) is 6.21. The molecule has 0 aromatic rings. The number of carbonyl (C=O) groups is 1. The Kier molecular flexibility index (Phi) is 5.69. The molecule has 15 heavy (non-hydrogen) atoms. The van der Waals surface area contributed by atoms with E-state index in [0.29, 0.717) is 6.04 Å². The third-order valence-electron chi connectivity index (χ3n) is 3.23. The topological polar surface area (TPSA) is 41.1 Å². The maximum atomic E-state index is 11.4. The van der Waals surface area contributed by atoms with Crippen molar-refractivity contribution in [3.63, 3.8) is 0 Å². The van der Waals surface area contributed by atoms with E-state index >= 15 is 0 Å². The van der Waals surface area contributed by atoms with Crippen molar-refractivity contribution in [2.45, 2.75) is 64.0 Å². The second-order valence-electron chi connectivity index (χ2n) is 4.54. The smallest absolute Gasteiger partial charge is 0.236 e. The summed E-state index contributed by atoms with van der Waals surface area (Å²) in [5, 5.41) is 6.11. The van der Waals surface area contributed by atoms with E-state index in [2.05, 4.69) is 10.6 Å². The molecular formula is C12H24N2O. The zero-order valence-electron chi connectivity index (χ0n) is 10.0. The minimum atomic E-state index is -0.0561. The number of carbonyl (C=O) groups excluding carboxylic acids is 1. The highest BCUT2D eigenvalue weighted by Crippen LogP contribution is 2.17. The Labute approximate surface area is 93.0 Å². The maximum absolute atomic E-state index is 11.4. The fourth-order valence-electron chi connectivity index (χ4n) is 2.27. The van der Waals surface area contributed by atoms with Gasteiger partial charge in [0.15, 0.2) is 0 Å². The zero-order valence-corrected chi connectivity index (χ0v) is 10.0. The van der Waals surface area contributed by atoms with Gasteiger partial charge in [0, 0.05) is 13.1 Å². The van der Waals surface area contributed by atoms with Crippen molar-refractivity contribution in [2.24, 2.45) is 0 Å². The van der Waals surface area contributed by atoms with Crippen LogP contribution in [0.2, 0.25) is 0 Å². The van der Waals surface area contributed by atoms with Gasteiger partial charge in [-0.1, -0.05) is 32.1 Å². The van der Waals surface area contributed by atoms with E-state index in [0.717, 1.165) is 0 Å². The fraction of sp³-hybridized carbons (Fsp3) is 0.917. The van der Waals surface area contributed by atoms with Crippen LogP contribution >= 0.6 is 0 Å². The molecule has 0 spiro atoms. The predicted molar refractivity (Wildman–Crippen MR) is 62.8 cm³/mol. The maximum Gasteiger partial charge on any atom is 0.236 e. The van der Waals surface area contributed by atoms with Crippen LogP contribution in [0.3, 0.4) is 0 Å². The molecule has 1 rings (SSSR count). The molecule has 0 aromatic heterocycles. The molecule has 0 aliphatic heterocycles. The van der Waals surface area contributed by atoms with E-state index in [1.54, 1.807) is 7.05 Å². The number of rotatable bonds is 3. The second kappa shape index (κ2) is 6.83. The molecule has 3 nitrogen and oxygen atoms in total. The number of likely N-dealkylation sites (N-methyl/N-ethyl adjacent to an activating group) is 1. The van der Waals surface area contributed by atoms with Crippen LogP contribution in [0.1, 0.15) is 51.9 Å². The molecule has 1 amide bonds. The van der Waals surface area contributed by atoms with Gasteiger partial charge in [-0.25, -0.2) is 0 Å². The summed E-state index contributed by atoms with van der Waals surface area (Å²) < 4.78 is 0. The molecule has 1 aliphatic rings. The first-order valence-electron chi connectivity index (χ1n) is 6.21. The minimum absolute atomic E-state index is 0.0561. The Morgan fingerprint density at radius 1 is 1.13 bits per heavy atom. The third kappa shape index (κ3) is 4.65. The largest absolute Gasteiger partial charge is 0.358 e. The zero-order chi connectivity index (χ0) is 11.1. The molecule has 1 fully saturated rings. The minimum Gasteiger partial charge on any atom is -0.358 e. The Morgan fingerprint density at radius 2 is 1.67 bits per heavy atom. The first-order chi connectivity index (χ1) is 7.24. The summed E-state index contributed by atoms with van der Waals surface area (Å²) in [6.45, 7) is 1.94. The van der Waals surface area contributed by atoms with Crippen molar-refractivity contribution >= 4 is 5.91 Å². The van der Waals surface area contributed by atoms with E-state index in [-0.39, 0.29) is 11.9 Å². The van der Waals surface area contributed by atoms with Crippen molar-refractivity contribution < 1.29 is 4.79 Å². The van der Waals surface area contributed by atoms with Crippen LogP contribution in [0.5, 0.6) is 0 Å². The quantitative estimate of drug-likeness (QED) is 0.749. The predicted octanol–water partition coefficient (Wildman–Crippen LogP) is 1.82. The number of amides is 1. The molecule has 0 saturated heterocycles. The average molecular weight is 212 g/mol. The Morgan fingerprint density at radius 3 is 2.20 bits per heavy atom. The Hall–Kier alpha value is -0.570. The van der Waals surface area contributed by atoms with Gasteiger partial charge >= 0.3 is 0 Å². The molecule has 0 bridgehead atoms.